The van der Waals surface area contributed by atoms with Gasteiger partial charge in [0.2, 0.25) is 5.91 Å². The first-order valence-electron chi connectivity index (χ1n) is 10.8. The minimum absolute atomic E-state index is 0.0194. The number of aliphatic carboxylic acids is 1. The number of thiophene rings is 1. The Morgan fingerprint density at radius 3 is 2.76 bits per heavy atom. The monoisotopic (exact) mass is 469 g/mol. The summed E-state index contributed by atoms with van der Waals surface area (Å²) in [7, 11) is 0. The van der Waals surface area contributed by atoms with Crippen molar-refractivity contribution < 1.29 is 19.8 Å². The van der Waals surface area contributed by atoms with E-state index in [0.29, 0.717) is 23.7 Å². The summed E-state index contributed by atoms with van der Waals surface area (Å²) >= 11 is 1.63. The van der Waals surface area contributed by atoms with Gasteiger partial charge in [0.15, 0.2) is 0 Å². The summed E-state index contributed by atoms with van der Waals surface area (Å²) < 4.78 is 4.28. The predicted octanol–water partition coefficient (Wildman–Crippen LogP) is 0.775. The van der Waals surface area contributed by atoms with E-state index in [1.54, 1.807) is 28.9 Å². The Balaban J connectivity index is 1.84. The fourth-order valence-corrected chi connectivity index (χ4v) is 5.43. The van der Waals surface area contributed by atoms with Crippen LogP contribution in [0.2, 0.25) is 0 Å². The largest absolute Gasteiger partial charge is 0.481 e. The molecular weight excluding hydrogens is 442 g/mol. The number of imidazole rings is 1. The first-order valence-corrected chi connectivity index (χ1v) is 11.7. The number of carbonyl (C=O) groups excluding carboxylic acids is 1. The van der Waals surface area contributed by atoms with Gasteiger partial charge in [-0.25, -0.2) is 4.79 Å². The number of carbonyl (C=O) groups is 2. The van der Waals surface area contributed by atoms with Crippen molar-refractivity contribution in [2.75, 3.05) is 13.2 Å². The van der Waals surface area contributed by atoms with E-state index in [9.17, 15) is 19.5 Å². The average molecular weight is 470 g/mol. The Hall–Kier alpha value is -3.17. The molecule has 174 valence electrons. The van der Waals surface area contributed by atoms with E-state index in [1.807, 2.05) is 25.1 Å². The molecule has 8 nitrogen and oxygen atoms in total. The van der Waals surface area contributed by atoms with Gasteiger partial charge in [0.1, 0.15) is 0 Å². The van der Waals surface area contributed by atoms with Crippen LogP contribution >= 0.6 is 11.3 Å². The summed E-state index contributed by atoms with van der Waals surface area (Å²) in [6, 6.07) is 6.12. The van der Waals surface area contributed by atoms with Gasteiger partial charge in [-0.1, -0.05) is 18.2 Å². The van der Waals surface area contributed by atoms with Crippen molar-refractivity contribution in [3.63, 3.8) is 0 Å². The van der Waals surface area contributed by atoms with Crippen LogP contribution in [0, 0.1) is 12.3 Å². The summed E-state index contributed by atoms with van der Waals surface area (Å²) in [4.78, 5) is 37.4. The molecule has 1 unspecified atom stereocenters. The Morgan fingerprint density at radius 1 is 1.24 bits per heavy atom. The molecule has 1 atom stereocenters. The number of aromatic nitrogens is 2. The van der Waals surface area contributed by atoms with Gasteiger partial charge in [-0.2, -0.15) is 0 Å². The molecule has 0 fully saturated rings. The minimum Gasteiger partial charge on any atom is -0.481 e. The smallest absolute Gasteiger partial charge is 0.329 e. The second-order valence-corrected chi connectivity index (χ2v) is 9.50. The average Bonchev–Trinajstić information content (AvgIpc) is 3.30. The summed E-state index contributed by atoms with van der Waals surface area (Å²) in [5.41, 5.74) is 0.981. The topological polar surface area (TPSA) is 114 Å². The molecule has 1 amide bonds. The zero-order valence-corrected chi connectivity index (χ0v) is 19.4. The summed E-state index contributed by atoms with van der Waals surface area (Å²) in [6.07, 6.45) is 3.83. The van der Waals surface area contributed by atoms with Crippen molar-refractivity contribution in [3.8, 4) is 0 Å². The van der Waals surface area contributed by atoms with Crippen molar-refractivity contribution in [1.82, 2.24) is 14.5 Å². The second kappa shape index (κ2) is 8.99. The molecule has 9 heteroatoms. The van der Waals surface area contributed by atoms with E-state index in [2.05, 4.69) is 16.8 Å². The zero-order chi connectivity index (χ0) is 23.8. The molecule has 3 aromatic rings. The molecule has 0 spiro atoms. The molecule has 0 bridgehead atoms. The molecule has 1 aliphatic carbocycles. The number of amides is 1. The van der Waals surface area contributed by atoms with E-state index in [-0.39, 0.29) is 37.7 Å². The third-order valence-corrected chi connectivity index (χ3v) is 7.15. The number of fused-ring (bicyclic) bond motifs is 2. The summed E-state index contributed by atoms with van der Waals surface area (Å²) in [5, 5.41) is 25.4. The third-order valence-electron chi connectivity index (χ3n) is 6.16. The van der Waals surface area contributed by atoms with Gasteiger partial charge in [0.05, 0.1) is 35.7 Å². The number of carboxylic acids is 1. The van der Waals surface area contributed by atoms with Crippen molar-refractivity contribution in [2.45, 2.75) is 39.8 Å². The normalized spacial score (nSPS) is 17.3. The third kappa shape index (κ3) is 4.26. The van der Waals surface area contributed by atoms with Crippen LogP contribution in [-0.4, -0.2) is 44.4 Å². The molecule has 0 aliphatic heterocycles. The molecule has 0 radical (unpaired) electrons. The van der Waals surface area contributed by atoms with Crippen LogP contribution in [0.25, 0.3) is 22.2 Å². The fraction of sp³-hybridized carbons (Fsp3) is 0.375. The number of aryl methyl sites for hydroxylation is 1. The Labute approximate surface area is 194 Å². The number of carboxylic acid groups (broad SMARTS) is 1. The Kier molecular flexibility index (Phi) is 6.27. The number of hydrogen-bond acceptors (Lipinski definition) is 5. The molecule has 2 aromatic heterocycles. The zero-order valence-electron chi connectivity index (χ0n) is 18.6. The molecule has 0 saturated heterocycles. The van der Waals surface area contributed by atoms with E-state index in [4.69, 9.17) is 5.11 Å². The lowest BCUT2D eigenvalue weighted by atomic mass is 9.83. The number of aliphatic hydroxyl groups is 1. The number of nitrogens with one attached hydrogen (secondary N) is 1. The number of rotatable bonds is 8. The number of aliphatic hydroxyl groups excluding tert-OH is 1. The predicted molar refractivity (Wildman–Crippen MR) is 128 cm³/mol. The van der Waals surface area contributed by atoms with Crippen LogP contribution in [0.15, 0.2) is 28.4 Å². The van der Waals surface area contributed by atoms with E-state index >= 15 is 0 Å². The van der Waals surface area contributed by atoms with E-state index in [1.165, 1.54) is 4.57 Å². The highest BCUT2D eigenvalue weighted by Crippen LogP contribution is 2.29. The fourth-order valence-electron chi connectivity index (χ4n) is 4.40. The van der Waals surface area contributed by atoms with Crippen molar-refractivity contribution in [1.29, 1.82) is 0 Å². The maximum absolute atomic E-state index is 13.4. The van der Waals surface area contributed by atoms with Crippen LogP contribution in [0.4, 0.5) is 0 Å². The lowest BCUT2D eigenvalue weighted by Crippen LogP contribution is -2.46. The van der Waals surface area contributed by atoms with Gasteiger partial charge >= 0.3 is 11.7 Å². The van der Waals surface area contributed by atoms with Crippen molar-refractivity contribution in [3.05, 3.63) is 55.9 Å². The van der Waals surface area contributed by atoms with Gasteiger partial charge in [-0.15, -0.1) is 11.3 Å². The SMILES string of the molecule is Cc1cccc2scc(Cn3c4c(n(CCC(=O)O)c3=O)=CC(C)(C(=O)NCCO)CC=4)c12. The Bertz CT molecular complexity index is 1410. The molecule has 4 rings (SSSR count). The van der Waals surface area contributed by atoms with Gasteiger partial charge in [-0.3, -0.25) is 18.7 Å². The molecule has 1 aromatic carbocycles. The number of hydrogen-bond donors (Lipinski definition) is 3. The molecule has 2 heterocycles. The maximum atomic E-state index is 13.4. The van der Waals surface area contributed by atoms with E-state index < -0.39 is 11.4 Å². The van der Waals surface area contributed by atoms with Gasteiger partial charge in [0.25, 0.3) is 0 Å². The Morgan fingerprint density at radius 2 is 2.03 bits per heavy atom. The lowest BCUT2D eigenvalue weighted by Gasteiger charge is -2.25. The first-order chi connectivity index (χ1) is 15.7. The van der Waals surface area contributed by atoms with Crippen LogP contribution in [-0.2, 0) is 22.7 Å². The molecule has 0 saturated carbocycles. The summed E-state index contributed by atoms with van der Waals surface area (Å²) in [5.74, 6) is -1.24. The van der Waals surface area contributed by atoms with Crippen LogP contribution in [0.3, 0.4) is 0 Å². The molecular formula is C24H27N3O5S. The first kappa shape index (κ1) is 23.0. The van der Waals surface area contributed by atoms with Crippen LogP contribution in [0.5, 0.6) is 0 Å². The van der Waals surface area contributed by atoms with Crippen molar-refractivity contribution in [2.24, 2.45) is 5.41 Å². The highest BCUT2D eigenvalue weighted by molar-refractivity contribution is 7.17. The maximum Gasteiger partial charge on any atom is 0.329 e. The standard InChI is InChI=1S/C24H27N3O5S/c1-15-4-3-5-19-21(15)16(14-33-19)13-27-17-6-8-24(2,22(31)25-9-11-28)12-18(17)26(23(27)32)10-7-20(29)30/h3-6,12,14,28H,7-11,13H2,1-2H3,(H,25,31)(H,29,30). The van der Waals surface area contributed by atoms with Crippen molar-refractivity contribution >= 4 is 45.5 Å². The minimum atomic E-state index is -0.994. The molecule has 3 N–H and O–H groups in total. The van der Waals surface area contributed by atoms with Gasteiger partial charge < -0.3 is 15.5 Å². The highest BCUT2D eigenvalue weighted by Gasteiger charge is 2.33. The number of nitrogens with zero attached hydrogens (tertiary/aromatic N) is 2. The lowest BCUT2D eigenvalue weighted by molar-refractivity contribution is -0.137. The van der Waals surface area contributed by atoms with E-state index in [0.717, 1.165) is 21.2 Å². The second-order valence-electron chi connectivity index (χ2n) is 8.59. The molecule has 33 heavy (non-hydrogen) atoms. The quantitative estimate of drug-likeness (QED) is 0.451. The molecule has 1 aliphatic rings. The van der Waals surface area contributed by atoms with Gasteiger partial charge in [0, 0.05) is 23.2 Å². The van der Waals surface area contributed by atoms with Crippen LogP contribution in [0.1, 0.15) is 30.9 Å². The van der Waals surface area contributed by atoms with Crippen LogP contribution < -0.4 is 21.7 Å². The number of benzene rings is 1. The highest BCUT2D eigenvalue weighted by atomic mass is 32.1. The van der Waals surface area contributed by atoms with Gasteiger partial charge in [-0.05, 0) is 48.9 Å². The summed E-state index contributed by atoms with van der Waals surface area (Å²) in [6.45, 7) is 4.19.